The van der Waals surface area contributed by atoms with E-state index in [1.54, 1.807) is 6.07 Å². The normalized spacial score (nSPS) is 26.1. The number of halogens is 4. The van der Waals surface area contributed by atoms with Crippen molar-refractivity contribution in [2.45, 2.75) is 69.2 Å². The highest BCUT2D eigenvalue weighted by Crippen LogP contribution is 2.33. The predicted octanol–water partition coefficient (Wildman–Crippen LogP) is 4.36. The molecule has 0 aromatic heterocycles. The molecule has 2 bridgehead atoms. The van der Waals surface area contributed by atoms with Crippen LogP contribution in [-0.4, -0.2) is 36.0 Å². The zero-order valence-corrected chi connectivity index (χ0v) is 15.9. The summed E-state index contributed by atoms with van der Waals surface area (Å²) in [4.78, 5) is 14.4. The number of piperidine rings is 1. The van der Waals surface area contributed by atoms with Gasteiger partial charge >= 0.3 is 6.18 Å². The molecule has 2 aliphatic heterocycles. The average molecular weight is 391 g/mol. The van der Waals surface area contributed by atoms with Crippen molar-refractivity contribution in [1.82, 2.24) is 10.2 Å². The number of alkyl halides is 3. The van der Waals surface area contributed by atoms with E-state index in [4.69, 9.17) is 0 Å². The molecule has 2 heterocycles. The number of nitrogens with zero attached hydrogens (tertiary/aromatic N) is 1. The maximum absolute atomic E-state index is 12.9. The van der Waals surface area contributed by atoms with Gasteiger partial charge < -0.3 is 10.2 Å². The number of rotatable bonds is 4. The summed E-state index contributed by atoms with van der Waals surface area (Å²) in [6.45, 7) is 1.81. The van der Waals surface area contributed by atoms with Crippen molar-refractivity contribution >= 4 is 18.3 Å². The summed E-state index contributed by atoms with van der Waals surface area (Å²) in [6.07, 6.45) is 0.156. The lowest BCUT2D eigenvalue weighted by Gasteiger charge is -2.36. The van der Waals surface area contributed by atoms with Crippen LogP contribution in [0.25, 0.3) is 0 Å². The average Bonchev–Trinajstić information content (AvgIpc) is 2.91. The molecule has 1 aromatic carbocycles. The SMILES string of the molecule is CC(CC(=O)N(C)C1CC2CCC(C1)N2)c1cccc(C(F)(F)F)c1.Cl. The Morgan fingerprint density at radius 3 is 2.46 bits per heavy atom. The number of benzene rings is 1. The topological polar surface area (TPSA) is 32.3 Å². The molecule has 1 aromatic rings. The molecule has 0 spiro atoms. The van der Waals surface area contributed by atoms with Crippen LogP contribution in [0.2, 0.25) is 0 Å². The number of hydrogen-bond donors (Lipinski definition) is 1. The third-order valence-corrected chi connectivity index (χ3v) is 5.65. The van der Waals surface area contributed by atoms with Crippen LogP contribution in [0, 0.1) is 0 Å². The first-order chi connectivity index (χ1) is 11.7. The van der Waals surface area contributed by atoms with Crippen LogP contribution in [0.15, 0.2) is 24.3 Å². The van der Waals surface area contributed by atoms with Crippen molar-refractivity contribution in [3.8, 4) is 0 Å². The Hall–Kier alpha value is -1.27. The molecule has 1 N–H and O–H groups in total. The molecule has 0 radical (unpaired) electrons. The number of carbonyl (C=O) groups is 1. The first-order valence-electron chi connectivity index (χ1n) is 8.93. The fraction of sp³-hybridized carbons (Fsp3) is 0.632. The highest BCUT2D eigenvalue weighted by molar-refractivity contribution is 5.85. The van der Waals surface area contributed by atoms with Gasteiger partial charge in [0, 0.05) is 31.6 Å². The predicted molar refractivity (Wildman–Crippen MR) is 97.5 cm³/mol. The second-order valence-electron chi connectivity index (χ2n) is 7.50. The third kappa shape index (κ3) is 4.71. The van der Waals surface area contributed by atoms with E-state index < -0.39 is 11.7 Å². The molecule has 7 heteroatoms. The van der Waals surface area contributed by atoms with Crippen LogP contribution in [0.5, 0.6) is 0 Å². The summed E-state index contributed by atoms with van der Waals surface area (Å²) >= 11 is 0. The van der Waals surface area contributed by atoms with Crippen molar-refractivity contribution in [1.29, 1.82) is 0 Å². The van der Waals surface area contributed by atoms with Gasteiger partial charge in [0.15, 0.2) is 0 Å². The van der Waals surface area contributed by atoms with Crippen LogP contribution in [0.4, 0.5) is 13.2 Å². The highest BCUT2D eigenvalue weighted by Gasteiger charge is 2.36. The Bertz CT molecular complexity index is 625. The molecule has 3 rings (SSSR count). The molecule has 3 unspecified atom stereocenters. The van der Waals surface area contributed by atoms with E-state index in [1.165, 1.54) is 18.9 Å². The molecule has 0 saturated carbocycles. The van der Waals surface area contributed by atoms with Gasteiger partial charge in [-0.1, -0.05) is 25.1 Å². The molecule has 26 heavy (non-hydrogen) atoms. The largest absolute Gasteiger partial charge is 0.416 e. The van der Waals surface area contributed by atoms with Gasteiger partial charge in [-0.25, -0.2) is 0 Å². The van der Waals surface area contributed by atoms with E-state index in [2.05, 4.69) is 5.32 Å². The summed E-state index contributed by atoms with van der Waals surface area (Å²) in [6, 6.07) is 6.53. The lowest BCUT2D eigenvalue weighted by Crippen LogP contribution is -2.48. The van der Waals surface area contributed by atoms with Crippen LogP contribution < -0.4 is 5.32 Å². The minimum Gasteiger partial charge on any atom is -0.343 e. The maximum atomic E-state index is 12.9. The lowest BCUT2D eigenvalue weighted by atomic mass is 9.94. The fourth-order valence-corrected chi connectivity index (χ4v) is 4.09. The van der Waals surface area contributed by atoms with E-state index >= 15 is 0 Å². The summed E-state index contributed by atoms with van der Waals surface area (Å²) in [7, 11) is 1.83. The van der Waals surface area contributed by atoms with E-state index in [1.807, 2.05) is 18.9 Å². The third-order valence-electron chi connectivity index (χ3n) is 5.65. The Labute approximate surface area is 158 Å². The monoisotopic (exact) mass is 390 g/mol. The molecule has 1 amide bonds. The van der Waals surface area contributed by atoms with E-state index in [0.29, 0.717) is 17.6 Å². The van der Waals surface area contributed by atoms with E-state index in [-0.39, 0.29) is 36.7 Å². The zero-order valence-electron chi connectivity index (χ0n) is 15.1. The summed E-state index contributed by atoms with van der Waals surface area (Å²) in [5, 5.41) is 3.56. The zero-order chi connectivity index (χ0) is 18.2. The van der Waals surface area contributed by atoms with Gasteiger partial charge in [-0.05, 0) is 43.2 Å². The maximum Gasteiger partial charge on any atom is 0.416 e. The van der Waals surface area contributed by atoms with Crippen LogP contribution in [0.1, 0.15) is 56.1 Å². The van der Waals surface area contributed by atoms with Crippen molar-refractivity contribution in [3.05, 3.63) is 35.4 Å². The first-order valence-corrected chi connectivity index (χ1v) is 8.93. The van der Waals surface area contributed by atoms with Gasteiger partial charge in [-0.2, -0.15) is 13.2 Å². The molecule has 0 aliphatic carbocycles. The standard InChI is InChI=1S/C19H25F3N2O.ClH/c1-12(13-4-3-5-14(9-13)19(20,21)22)8-18(25)24(2)17-10-15-6-7-16(11-17)23-15;/h3-5,9,12,15-17,23H,6-8,10-11H2,1-2H3;1H. The second kappa shape index (κ2) is 8.17. The molecule has 3 atom stereocenters. The fourth-order valence-electron chi connectivity index (χ4n) is 4.09. The quantitative estimate of drug-likeness (QED) is 0.828. The molecule has 2 fully saturated rings. The second-order valence-corrected chi connectivity index (χ2v) is 7.50. The smallest absolute Gasteiger partial charge is 0.343 e. The number of carbonyl (C=O) groups excluding carboxylic acids is 1. The molecule has 3 nitrogen and oxygen atoms in total. The van der Waals surface area contributed by atoms with Crippen LogP contribution in [0.3, 0.4) is 0 Å². The Balaban J connectivity index is 0.00000243. The summed E-state index contributed by atoms with van der Waals surface area (Å²) in [5.74, 6) is -0.230. The summed E-state index contributed by atoms with van der Waals surface area (Å²) in [5.41, 5.74) is -0.102. The Kier molecular flexibility index (Phi) is 6.61. The lowest BCUT2D eigenvalue weighted by molar-refractivity contribution is -0.137. The van der Waals surface area contributed by atoms with E-state index in [9.17, 15) is 18.0 Å². The molecule has 2 saturated heterocycles. The summed E-state index contributed by atoms with van der Waals surface area (Å²) < 4.78 is 38.6. The van der Waals surface area contributed by atoms with Crippen molar-refractivity contribution in [2.75, 3.05) is 7.05 Å². The van der Waals surface area contributed by atoms with Crippen LogP contribution in [-0.2, 0) is 11.0 Å². The van der Waals surface area contributed by atoms with Gasteiger partial charge in [-0.3, -0.25) is 4.79 Å². The van der Waals surface area contributed by atoms with Crippen molar-refractivity contribution in [2.24, 2.45) is 0 Å². The Morgan fingerprint density at radius 1 is 1.27 bits per heavy atom. The minimum absolute atomic E-state index is 0. The van der Waals surface area contributed by atoms with Crippen molar-refractivity contribution < 1.29 is 18.0 Å². The molecule has 146 valence electrons. The highest BCUT2D eigenvalue weighted by atomic mass is 35.5. The van der Waals surface area contributed by atoms with Gasteiger partial charge in [0.1, 0.15) is 0 Å². The molecular weight excluding hydrogens is 365 g/mol. The molecule has 2 aliphatic rings. The number of fused-ring (bicyclic) bond motifs is 2. The van der Waals surface area contributed by atoms with Crippen molar-refractivity contribution in [3.63, 3.8) is 0 Å². The van der Waals surface area contributed by atoms with Crippen LogP contribution >= 0.6 is 12.4 Å². The van der Waals surface area contributed by atoms with E-state index in [0.717, 1.165) is 25.0 Å². The number of nitrogens with one attached hydrogen (secondary N) is 1. The Morgan fingerprint density at radius 2 is 1.88 bits per heavy atom. The van der Waals surface area contributed by atoms with Gasteiger partial charge in [0.25, 0.3) is 0 Å². The molecular formula is C19H26ClF3N2O. The van der Waals surface area contributed by atoms with Gasteiger partial charge in [0.2, 0.25) is 5.91 Å². The number of hydrogen-bond acceptors (Lipinski definition) is 2. The first kappa shape index (κ1) is 21.0. The van der Waals surface area contributed by atoms with Gasteiger partial charge in [-0.15, -0.1) is 12.4 Å². The van der Waals surface area contributed by atoms with Gasteiger partial charge in [0.05, 0.1) is 5.56 Å². The minimum atomic E-state index is -4.36. The number of amides is 1.